The summed E-state index contributed by atoms with van der Waals surface area (Å²) in [6, 6.07) is 0. The van der Waals surface area contributed by atoms with Crippen molar-refractivity contribution in [1.82, 2.24) is 4.90 Å². The molecule has 6 nitrogen and oxygen atoms in total. The van der Waals surface area contributed by atoms with Crippen LogP contribution in [0, 0.1) is 5.92 Å². The highest BCUT2D eigenvalue weighted by molar-refractivity contribution is 5.95. The Morgan fingerprint density at radius 2 is 2.00 bits per heavy atom. The van der Waals surface area contributed by atoms with E-state index in [0.717, 1.165) is 18.9 Å². The molecule has 0 amide bonds. The predicted octanol–water partition coefficient (Wildman–Crippen LogP) is 1.51. The van der Waals surface area contributed by atoms with Crippen LogP contribution in [-0.2, 0) is 4.74 Å². The van der Waals surface area contributed by atoms with E-state index >= 15 is 0 Å². The van der Waals surface area contributed by atoms with Crippen LogP contribution in [0.15, 0.2) is 15.0 Å². The maximum absolute atomic E-state index is 5.59. The number of nitrogens with zero attached hydrogens (tertiary/aromatic N) is 4. The monoisotopic (exact) mass is 281 g/mol. The fourth-order valence-corrected chi connectivity index (χ4v) is 2.53. The second-order valence-corrected chi connectivity index (χ2v) is 5.24. The Morgan fingerprint density at radius 3 is 2.50 bits per heavy atom. The molecule has 0 heterocycles. The fraction of sp³-hybridized carbons (Fsp3) is 0.786. The lowest BCUT2D eigenvalue weighted by atomic mass is 9.85. The first-order chi connectivity index (χ1) is 9.60. The van der Waals surface area contributed by atoms with Crippen LogP contribution >= 0.6 is 0 Å². The Hall–Kier alpha value is -1.43. The van der Waals surface area contributed by atoms with Crippen molar-refractivity contribution in [3.63, 3.8) is 0 Å². The largest absolute Gasteiger partial charge is 0.381 e. The van der Waals surface area contributed by atoms with Crippen molar-refractivity contribution in [3.05, 3.63) is 0 Å². The number of ether oxygens (including phenoxy) is 1. The fourth-order valence-electron chi connectivity index (χ4n) is 2.53. The first kappa shape index (κ1) is 16.6. The van der Waals surface area contributed by atoms with E-state index in [1.165, 1.54) is 25.7 Å². The van der Waals surface area contributed by atoms with Crippen LogP contribution in [0.5, 0.6) is 0 Å². The van der Waals surface area contributed by atoms with Gasteiger partial charge in [0.05, 0.1) is 6.10 Å². The third-order valence-electron chi connectivity index (χ3n) is 3.93. The van der Waals surface area contributed by atoms with Crippen molar-refractivity contribution in [2.24, 2.45) is 26.6 Å². The number of guanidine groups is 2. The molecule has 1 aliphatic rings. The van der Waals surface area contributed by atoms with Crippen molar-refractivity contribution in [1.29, 1.82) is 0 Å². The van der Waals surface area contributed by atoms with Gasteiger partial charge in [-0.25, -0.2) is 4.99 Å². The van der Waals surface area contributed by atoms with Crippen molar-refractivity contribution < 1.29 is 4.74 Å². The zero-order chi connectivity index (χ0) is 15.0. The molecule has 0 saturated heterocycles. The summed E-state index contributed by atoms with van der Waals surface area (Å²) in [6.45, 7) is 4.44. The van der Waals surface area contributed by atoms with Gasteiger partial charge in [-0.15, -0.1) is 0 Å². The Balaban J connectivity index is 2.40. The van der Waals surface area contributed by atoms with Gasteiger partial charge in [-0.05, 0) is 44.7 Å². The SMILES string of the molecule is C=NC(=NC(N)=NC)N(C)CCC1CCC(OC)CC1. The van der Waals surface area contributed by atoms with Gasteiger partial charge < -0.3 is 15.4 Å². The molecule has 0 aromatic rings. The van der Waals surface area contributed by atoms with Crippen LogP contribution < -0.4 is 5.73 Å². The second kappa shape index (κ2) is 8.68. The molecule has 20 heavy (non-hydrogen) atoms. The number of nitrogens with two attached hydrogens (primary N) is 1. The Kier molecular flexibility index (Phi) is 7.22. The molecule has 0 aliphatic heterocycles. The average Bonchev–Trinajstić information content (AvgIpc) is 2.50. The first-order valence-electron chi connectivity index (χ1n) is 7.12. The molecule has 1 saturated carbocycles. The van der Waals surface area contributed by atoms with E-state index in [0.29, 0.717) is 12.1 Å². The highest BCUT2D eigenvalue weighted by Gasteiger charge is 2.21. The van der Waals surface area contributed by atoms with E-state index in [9.17, 15) is 0 Å². The summed E-state index contributed by atoms with van der Waals surface area (Å²) in [5.41, 5.74) is 5.59. The molecular formula is C14H27N5O. The van der Waals surface area contributed by atoms with Gasteiger partial charge in [-0.1, -0.05) is 0 Å². The summed E-state index contributed by atoms with van der Waals surface area (Å²) in [5.74, 6) is 1.51. The molecule has 0 bridgehead atoms. The standard InChI is InChI=1S/C14H27N5O/c1-16-13(15)18-14(17-2)19(3)10-9-11-5-7-12(20-4)8-6-11/h11-12H,2,5-10H2,1,3-4H3,(H2,15,16). The maximum Gasteiger partial charge on any atom is 0.227 e. The summed E-state index contributed by atoms with van der Waals surface area (Å²) >= 11 is 0. The summed E-state index contributed by atoms with van der Waals surface area (Å²) < 4.78 is 5.40. The second-order valence-electron chi connectivity index (χ2n) is 5.24. The molecule has 1 fully saturated rings. The van der Waals surface area contributed by atoms with E-state index in [4.69, 9.17) is 10.5 Å². The summed E-state index contributed by atoms with van der Waals surface area (Å²) in [6.07, 6.45) is 6.39. The van der Waals surface area contributed by atoms with Crippen LogP contribution in [0.4, 0.5) is 0 Å². The van der Waals surface area contributed by atoms with E-state index < -0.39 is 0 Å². The molecule has 0 aromatic heterocycles. The summed E-state index contributed by atoms with van der Waals surface area (Å²) in [5, 5.41) is 0. The molecular weight excluding hydrogens is 254 g/mol. The minimum absolute atomic E-state index is 0.222. The van der Waals surface area contributed by atoms with Crippen LogP contribution in [0.25, 0.3) is 0 Å². The van der Waals surface area contributed by atoms with Crippen LogP contribution in [0.1, 0.15) is 32.1 Å². The van der Waals surface area contributed by atoms with Crippen molar-refractivity contribution >= 4 is 18.6 Å². The summed E-state index contributed by atoms with van der Waals surface area (Å²) in [7, 11) is 5.36. The highest BCUT2D eigenvalue weighted by Crippen LogP contribution is 2.28. The lowest BCUT2D eigenvalue weighted by Gasteiger charge is -2.29. The van der Waals surface area contributed by atoms with Crippen molar-refractivity contribution in [3.8, 4) is 0 Å². The normalized spacial score (nSPS) is 24.6. The van der Waals surface area contributed by atoms with Gasteiger partial charge in [0.15, 0.2) is 0 Å². The Morgan fingerprint density at radius 1 is 1.35 bits per heavy atom. The number of hydrogen-bond donors (Lipinski definition) is 1. The third-order valence-corrected chi connectivity index (χ3v) is 3.93. The number of aliphatic imine (C=N–C) groups is 3. The smallest absolute Gasteiger partial charge is 0.227 e. The number of hydrogen-bond acceptors (Lipinski definition) is 2. The van der Waals surface area contributed by atoms with E-state index in [-0.39, 0.29) is 5.96 Å². The Bertz CT molecular complexity index is 359. The van der Waals surface area contributed by atoms with Gasteiger partial charge >= 0.3 is 0 Å². The van der Waals surface area contributed by atoms with E-state index in [2.05, 4.69) is 21.7 Å². The Labute approximate surface area is 121 Å². The van der Waals surface area contributed by atoms with Gasteiger partial charge in [0.25, 0.3) is 0 Å². The van der Waals surface area contributed by atoms with Gasteiger partial charge in [0.2, 0.25) is 11.9 Å². The number of methoxy groups -OCH3 is 1. The molecule has 0 spiro atoms. The van der Waals surface area contributed by atoms with Crippen LogP contribution in [-0.4, -0.2) is 57.4 Å². The minimum Gasteiger partial charge on any atom is -0.381 e. The third kappa shape index (κ3) is 5.28. The van der Waals surface area contributed by atoms with Crippen molar-refractivity contribution in [2.45, 2.75) is 38.2 Å². The predicted molar refractivity (Wildman–Crippen MR) is 84.5 cm³/mol. The zero-order valence-corrected chi connectivity index (χ0v) is 12.9. The lowest BCUT2D eigenvalue weighted by Crippen LogP contribution is -2.30. The zero-order valence-electron chi connectivity index (χ0n) is 12.9. The molecule has 1 aliphatic carbocycles. The van der Waals surface area contributed by atoms with Gasteiger partial charge in [0.1, 0.15) is 0 Å². The van der Waals surface area contributed by atoms with Crippen molar-refractivity contribution in [2.75, 3.05) is 27.7 Å². The van der Waals surface area contributed by atoms with Crippen LogP contribution in [0.2, 0.25) is 0 Å². The molecule has 1 rings (SSSR count). The average molecular weight is 281 g/mol. The lowest BCUT2D eigenvalue weighted by molar-refractivity contribution is 0.0549. The molecule has 0 unspecified atom stereocenters. The first-order valence-corrected chi connectivity index (χ1v) is 7.12. The molecule has 2 N–H and O–H groups in total. The van der Waals surface area contributed by atoms with E-state index in [1.807, 2.05) is 11.9 Å². The topological polar surface area (TPSA) is 75.6 Å². The van der Waals surface area contributed by atoms with Gasteiger partial charge in [-0.2, -0.15) is 4.99 Å². The molecule has 6 heteroatoms. The van der Waals surface area contributed by atoms with Crippen LogP contribution in [0.3, 0.4) is 0 Å². The quantitative estimate of drug-likeness (QED) is 0.627. The number of rotatable bonds is 4. The highest BCUT2D eigenvalue weighted by atomic mass is 16.5. The molecule has 0 radical (unpaired) electrons. The minimum atomic E-state index is 0.222. The van der Waals surface area contributed by atoms with Gasteiger partial charge in [0, 0.05) is 27.7 Å². The van der Waals surface area contributed by atoms with Gasteiger partial charge in [-0.3, -0.25) is 4.99 Å². The summed E-state index contributed by atoms with van der Waals surface area (Å²) in [4.78, 5) is 13.8. The molecule has 0 atom stereocenters. The maximum atomic E-state index is 5.59. The molecule has 0 aromatic carbocycles. The molecule has 114 valence electrons. The van der Waals surface area contributed by atoms with E-state index in [1.54, 1.807) is 14.2 Å².